The van der Waals surface area contributed by atoms with Gasteiger partial charge in [-0.05, 0) is 42.7 Å². The second-order valence-electron chi connectivity index (χ2n) is 6.15. The summed E-state index contributed by atoms with van der Waals surface area (Å²) >= 11 is 0. The van der Waals surface area contributed by atoms with E-state index in [4.69, 9.17) is 4.42 Å². The smallest absolute Gasteiger partial charge is 0.126 e. The quantitative estimate of drug-likeness (QED) is 0.752. The number of aromatic amines is 1. The van der Waals surface area contributed by atoms with E-state index in [0.717, 1.165) is 31.7 Å². The third-order valence-electron chi connectivity index (χ3n) is 4.82. The van der Waals surface area contributed by atoms with E-state index in [1.54, 1.807) is 6.26 Å². The van der Waals surface area contributed by atoms with Gasteiger partial charge in [0.1, 0.15) is 5.76 Å². The number of H-pyrrole nitrogens is 1. The Balaban J connectivity index is 1.58. The minimum absolute atomic E-state index is 0.465. The lowest BCUT2D eigenvalue weighted by Gasteiger charge is -2.34. The number of furan rings is 1. The van der Waals surface area contributed by atoms with Gasteiger partial charge in [0.2, 0.25) is 0 Å². The summed E-state index contributed by atoms with van der Waals surface area (Å²) in [5.74, 6) is 0.918. The Labute approximate surface area is 136 Å². The first kappa shape index (κ1) is 14.3. The maximum Gasteiger partial charge on any atom is 0.126 e. The Morgan fingerprint density at radius 3 is 3.00 bits per heavy atom. The monoisotopic (exact) mass is 306 g/mol. The van der Waals surface area contributed by atoms with Crippen molar-refractivity contribution in [1.82, 2.24) is 9.88 Å². The van der Waals surface area contributed by atoms with Gasteiger partial charge in [0.05, 0.1) is 12.3 Å². The molecule has 1 aliphatic rings. The van der Waals surface area contributed by atoms with E-state index in [9.17, 15) is 0 Å². The van der Waals surface area contributed by atoms with Crippen LogP contribution >= 0.6 is 0 Å². The number of para-hydroxylation sites is 1. The van der Waals surface area contributed by atoms with Crippen LogP contribution in [0.25, 0.3) is 17.0 Å². The molecule has 0 spiro atoms. The first-order valence-electron chi connectivity index (χ1n) is 8.40. The fraction of sp³-hybridized carbons (Fsp3) is 0.300. The zero-order valence-electron chi connectivity index (χ0n) is 13.5. The fourth-order valence-corrected chi connectivity index (χ4v) is 3.74. The van der Waals surface area contributed by atoms with Crippen molar-refractivity contribution in [3.8, 4) is 0 Å². The van der Waals surface area contributed by atoms with E-state index in [-0.39, 0.29) is 0 Å². The van der Waals surface area contributed by atoms with Crippen molar-refractivity contribution in [2.75, 3.05) is 13.1 Å². The molecule has 1 N–H and O–H groups in total. The molecule has 1 aliphatic heterocycles. The van der Waals surface area contributed by atoms with Gasteiger partial charge < -0.3 is 9.40 Å². The Morgan fingerprint density at radius 1 is 1.26 bits per heavy atom. The maximum atomic E-state index is 5.36. The molecule has 2 aromatic heterocycles. The van der Waals surface area contributed by atoms with Crippen molar-refractivity contribution in [1.29, 1.82) is 0 Å². The van der Waals surface area contributed by atoms with Crippen LogP contribution in [-0.4, -0.2) is 23.0 Å². The average Bonchev–Trinajstić information content (AvgIpc) is 3.21. The Hall–Kier alpha value is -2.26. The van der Waals surface area contributed by atoms with E-state index in [0.29, 0.717) is 6.04 Å². The molecule has 0 aliphatic carbocycles. The van der Waals surface area contributed by atoms with Gasteiger partial charge in [-0.3, -0.25) is 4.90 Å². The molecule has 118 valence electrons. The minimum atomic E-state index is 0.465. The summed E-state index contributed by atoms with van der Waals surface area (Å²) < 4.78 is 5.36. The summed E-state index contributed by atoms with van der Waals surface area (Å²) in [4.78, 5) is 6.22. The van der Waals surface area contributed by atoms with Crippen LogP contribution < -0.4 is 0 Å². The summed E-state index contributed by atoms with van der Waals surface area (Å²) in [6.07, 6.45) is 8.22. The van der Waals surface area contributed by atoms with E-state index in [2.05, 4.69) is 53.2 Å². The SMILES string of the molecule is CCC1c2[nH]c3ccccc3c2CCN1CC=Cc1ccco1. The molecule has 0 fully saturated rings. The Morgan fingerprint density at radius 2 is 2.17 bits per heavy atom. The molecule has 0 radical (unpaired) electrons. The summed E-state index contributed by atoms with van der Waals surface area (Å²) in [5.41, 5.74) is 4.19. The van der Waals surface area contributed by atoms with Gasteiger partial charge in [0.15, 0.2) is 0 Å². The molecule has 3 heterocycles. The molecular formula is C20H22N2O. The molecule has 1 aromatic carbocycles. The molecule has 1 unspecified atom stereocenters. The van der Waals surface area contributed by atoms with Crippen LogP contribution in [0.1, 0.15) is 36.4 Å². The lowest BCUT2D eigenvalue weighted by molar-refractivity contribution is 0.198. The summed E-state index contributed by atoms with van der Waals surface area (Å²) in [7, 11) is 0. The summed E-state index contributed by atoms with van der Waals surface area (Å²) in [6, 6.07) is 13.0. The zero-order valence-corrected chi connectivity index (χ0v) is 13.5. The van der Waals surface area contributed by atoms with E-state index >= 15 is 0 Å². The van der Waals surface area contributed by atoms with Crippen LogP contribution in [0.2, 0.25) is 0 Å². The first-order valence-corrected chi connectivity index (χ1v) is 8.40. The summed E-state index contributed by atoms with van der Waals surface area (Å²) in [5, 5.41) is 1.40. The predicted octanol–water partition coefficient (Wildman–Crippen LogP) is 4.78. The van der Waals surface area contributed by atoms with E-state index in [1.807, 2.05) is 12.1 Å². The highest BCUT2D eigenvalue weighted by atomic mass is 16.3. The number of nitrogens with one attached hydrogen (secondary N) is 1. The Kier molecular flexibility index (Phi) is 3.80. The lowest BCUT2D eigenvalue weighted by Crippen LogP contribution is -2.35. The molecule has 4 rings (SSSR count). The standard InChI is InChI=1S/C20H22N2O/c1-2-19-20-17(16-9-3-4-10-18(16)21-20)11-13-22(19)12-5-7-15-8-6-14-23-15/h3-10,14,19,21H,2,11-13H2,1H3. The second kappa shape index (κ2) is 6.09. The molecule has 0 saturated heterocycles. The van der Waals surface area contributed by atoms with Crippen LogP contribution in [0.4, 0.5) is 0 Å². The molecule has 0 saturated carbocycles. The van der Waals surface area contributed by atoms with Crippen molar-refractivity contribution < 1.29 is 4.42 Å². The van der Waals surface area contributed by atoms with Crippen LogP contribution in [0.15, 0.2) is 53.2 Å². The minimum Gasteiger partial charge on any atom is -0.465 e. The highest BCUT2D eigenvalue weighted by Crippen LogP contribution is 2.35. The van der Waals surface area contributed by atoms with Crippen molar-refractivity contribution >= 4 is 17.0 Å². The maximum absolute atomic E-state index is 5.36. The van der Waals surface area contributed by atoms with Gasteiger partial charge in [-0.25, -0.2) is 0 Å². The average molecular weight is 306 g/mol. The third-order valence-corrected chi connectivity index (χ3v) is 4.82. The third kappa shape index (κ3) is 2.62. The van der Waals surface area contributed by atoms with Crippen LogP contribution in [0, 0.1) is 0 Å². The number of benzene rings is 1. The van der Waals surface area contributed by atoms with Crippen LogP contribution in [0.5, 0.6) is 0 Å². The van der Waals surface area contributed by atoms with Crippen molar-refractivity contribution in [2.24, 2.45) is 0 Å². The number of hydrogen-bond acceptors (Lipinski definition) is 2. The van der Waals surface area contributed by atoms with E-state index in [1.165, 1.54) is 22.2 Å². The highest BCUT2D eigenvalue weighted by molar-refractivity contribution is 5.85. The van der Waals surface area contributed by atoms with Crippen molar-refractivity contribution in [2.45, 2.75) is 25.8 Å². The molecule has 3 aromatic rings. The highest BCUT2D eigenvalue weighted by Gasteiger charge is 2.28. The van der Waals surface area contributed by atoms with E-state index < -0.39 is 0 Å². The molecule has 1 atom stereocenters. The van der Waals surface area contributed by atoms with Crippen molar-refractivity contribution in [3.05, 3.63) is 65.8 Å². The number of nitrogens with zero attached hydrogens (tertiary/aromatic N) is 1. The molecule has 0 bridgehead atoms. The molecule has 23 heavy (non-hydrogen) atoms. The summed E-state index contributed by atoms with van der Waals surface area (Å²) in [6.45, 7) is 4.33. The molecule has 3 heteroatoms. The number of fused-ring (bicyclic) bond motifs is 3. The normalized spacial score (nSPS) is 18.7. The topological polar surface area (TPSA) is 32.2 Å². The Bertz CT molecular complexity index is 813. The predicted molar refractivity (Wildman–Crippen MR) is 94.3 cm³/mol. The van der Waals surface area contributed by atoms with Crippen LogP contribution in [0.3, 0.4) is 0 Å². The van der Waals surface area contributed by atoms with Gasteiger partial charge >= 0.3 is 0 Å². The van der Waals surface area contributed by atoms with Crippen LogP contribution in [-0.2, 0) is 6.42 Å². The molecule has 0 amide bonds. The molecular weight excluding hydrogens is 284 g/mol. The number of rotatable bonds is 4. The largest absolute Gasteiger partial charge is 0.465 e. The van der Waals surface area contributed by atoms with Crippen molar-refractivity contribution in [3.63, 3.8) is 0 Å². The second-order valence-corrected chi connectivity index (χ2v) is 6.15. The fourth-order valence-electron chi connectivity index (χ4n) is 3.74. The van der Waals surface area contributed by atoms with Gasteiger partial charge in [-0.1, -0.05) is 31.2 Å². The zero-order chi connectivity index (χ0) is 15.6. The number of hydrogen-bond donors (Lipinski definition) is 1. The van der Waals surface area contributed by atoms with Gasteiger partial charge in [0.25, 0.3) is 0 Å². The molecule has 3 nitrogen and oxygen atoms in total. The van der Waals surface area contributed by atoms with Gasteiger partial charge in [-0.2, -0.15) is 0 Å². The lowest BCUT2D eigenvalue weighted by atomic mass is 9.96. The van der Waals surface area contributed by atoms with Gasteiger partial charge in [0, 0.05) is 29.7 Å². The van der Waals surface area contributed by atoms with Gasteiger partial charge in [-0.15, -0.1) is 0 Å². The number of aromatic nitrogens is 1. The first-order chi connectivity index (χ1) is 11.4.